The first-order chi connectivity index (χ1) is 9.79. The van der Waals surface area contributed by atoms with E-state index in [2.05, 4.69) is 47.3 Å². The van der Waals surface area contributed by atoms with Crippen LogP contribution in [0, 0.1) is 6.92 Å². The zero-order valence-electron chi connectivity index (χ0n) is 12.4. The molecule has 3 rings (SSSR count). The SMILES string of the molecule is CSc1cccc2c(C)cc(N3CCCCCC3)[nH+]c12. The molecule has 1 aromatic heterocycles. The largest absolute Gasteiger partial charge is 0.275 e. The standard InChI is InChI=1S/C17H22N2S/c1-13-12-16(19-10-5-3-4-6-11-19)18-17-14(13)8-7-9-15(17)20-2/h7-9,12H,3-6,10-11H2,1-2H3/p+1. The van der Waals surface area contributed by atoms with Gasteiger partial charge in [-0.3, -0.25) is 4.90 Å². The second-order valence-electron chi connectivity index (χ2n) is 5.62. The lowest BCUT2D eigenvalue weighted by Crippen LogP contribution is -2.30. The minimum Gasteiger partial charge on any atom is -0.262 e. The summed E-state index contributed by atoms with van der Waals surface area (Å²) < 4.78 is 0. The number of aromatic amines is 1. The van der Waals surface area contributed by atoms with Crippen molar-refractivity contribution in [2.75, 3.05) is 24.2 Å². The van der Waals surface area contributed by atoms with Gasteiger partial charge in [0.15, 0.2) is 0 Å². The van der Waals surface area contributed by atoms with Gasteiger partial charge in [-0.05, 0) is 50.5 Å². The van der Waals surface area contributed by atoms with E-state index in [1.807, 2.05) is 11.8 Å². The van der Waals surface area contributed by atoms with Gasteiger partial charge in [0.05, 0.1) is 18.0 Å². The van der Waals surface area contributed by atoms with E-state index in [0.717, 1.165) is 0 Å². The predicted octanol–water partition coefficient (Wildman–Crippen LogP) is 4.06. The van der Waals surface area contributed by atoms with Gasteiger partial charge in [0.2, 0.25) is 0 Å². The lowest BCUT2D eigenvalue weighted by Gasteiger charge is -2.15. The Morgan fingerprint density at radius 3 is 2.55 bits per heavy atom. The summed E-state index contributed by atoms with van der Waals surface area (Å²) in [7, 11) is 0. The number of hydrogen-bond acceptors (Lipinski definition) is 2. The Labute approximate surface area is 125 Å². The van der Waals surface area contributed by atoms with Crippen LogP contribution in [0.2, 0.25) is 0 Å². The van der Waals surface area contributed by atoms with Gasteiger partial charge in [0, 0.05) is 11.5 Å². The molecular weight excluding hydrogens is 264 g/mol. The highest BCUT2D eigenvalue weighted by molar-refractivity contribution is 7.98. The van der Waals surface area contributed by atoms with Gasteiger partial charge in [0.1, 0.15) is 5.52 Å². The Hall–Kier alpha value is -1.22. The van der Waals surface area contributed by atoms with Crippen LogP contribution in [0.1, 0.15) is 31.2 Å². The summed E-state index contributed by atoms with van der Waals surface area (Å²) in [5.74, 6) is 1.29. The Morgan fingerprint density at radius 1 is 1.10 bits per heavy atom. The van der Waals surface area contributed by atoms with Crippen molar-refractivity contribution in [3.63, 3.8) is 0 Å². The highest BCUT2D eigenvalue weighted by Crippen LogP contribution is 2.27. The first-order valence-electron chi connectivity index (χ1n) is 7.54. The van der Waals surface area contributed by atoms with Crippen molar-refractivity contribution in [3.8, 4) is 0 Å². The van der Waals surface area contributed by atoms with Gasteiger partial charge in [-0.25, -0.2) is 4.98 Å². The fourth-order valence-electron chi connectivity index (χ4n) is 3.09. The Balaban J connectivity index is 2.07. The number of H-pyrrole nitrogens is 1. The number of fused-ring (bicyclic) bond motifs is 1. The topological polar surface area (TPSA) is 17.4 Å². The van der Waals surface area contributed by atoms with Crippen molar-refractivity contribution in [2.24, 2.45) is 0 Å². The fourth-order valence-corrected chi connectivity index (χ4v) is 3.67. The number of para-hydroxylation sites is 1. The molecule has 0 unspecified atom stereocenters. The molecule has 1 aliphatic heterocycles. The molecule has 0 aliphatic carbocycles. The Morgan fingerprint density at radius 2 is 1.85 bits per heavy atom. The Bertz CT molecular complexity index is 601. The number of thioether (sulfide) groups is 1. The molecule has 2 nitrogen and oxygen atoms in total. The summed E-state index contributed by atoms with van der Waals surface area (Å²) >= 11 is 1.82. The average molecular weight is 287 g/mol. The van der Waals surface area contributed by atoms with Gasteiger partial charge < -0.3 is 0 Å². The number of pyridine rings is 1. The monoisotopic (exact) mass is 287 g/mol. The smallest absolute Gasteiger partial charge is 0.262 e. The van der Waals surface area contributed by atoms with Gasteiger partial charge in [0.25, 0.3) is 5.82 Å². The number of nitrogens with zero attached hydrogens (tertiary/aromatic N) is 1. The molecule has 1 aromatic carbocycles. The summed E-state index contributed by atoms with van der Waals surface area (Å²) in [6.45, 7) is 4.59. The molecule has 0 saturated carbocycles. The molecule has 0 bridgehead atoms. The number of aromatic nitrogens is 1. The lowest BCUT2D eigenvalue weighted by atomic mass is 10.1. The molecular formula is C17H23N2S+. The molecule has 2 aromatic rings. The maximum Gasteiger partial charge on any atom is 0.275 e. The summed E-state index contributed by atoms with van der Waals surface area (Å²) in [4.78, 5) is 7.55. The molecule has 3 heteroatoms. The van der Waals surface area contributed by atoms with E-state index in [9.17, 15) is 0 Å². The third-order valence-corrected chi connectivity index (χ3v) is 5.00. The van der Waals surface area contributed by atoms with E-state index < -0.39 is 0 Å². The third-order valence-electron chi connectivity index (χ3n) is 4.22. The maximum absolute atomic E-state index is 3.69. The maximum atomic E-state index is 3.69. The predicted molar refractivity (Wildman–Crippen MR) is 87.7 cm³/mol. The molecule has 1 fully saturated rings. The summed E-state index contributed by atoms with van der Waals surface area (Å²) in [5, 5.41) is 1.34. The average Bonchev–Trinajstić information content (AvgIpc) is 2.75. The van der Waals surface area contributed by atoms with E-state index in [4.69, 9.17) is 0 Å². The van der Waals surface area contributed by atoms with Crippen molar-refractivity contribution in [1.82, 2.24) is 0 Å². The first-order valence-corrected chi connectivity index (χ1v) is 8.76. The van der Waals surface area contributed by atoms with E-state index in [1.165, 1.54) is 66.0 Å². The molecule has 0 amide bonds. The zero-order chi connectivity index (χ0) is 13.9. The van der Waals surface area contributed by atoms with E-state index in [1.54, 1.807) is 0 Å². The number of hydrogen-bond donors (Lipinski definition) is 0. The van der Waals surface area contributed by atoms with Crippen molar-refractivity contribution in [3.05, 3.63) is 29.8 Å². The number of anilines is 1. The van der Waals surface area contributed by atoms with Gasteiger partial charge >= 0.3 is 0 Å². The normalized spacial score (nSPS) is 16.4. The molecule has 1 aliphatic rings. The van der Waals surface area contributed by atoms with Crippen LogP contribution in [0.5, 0.6) is 0 Å². The van der Waals surface area contributed by atoms with Crippen LogP contribution in [0.15, 0.2) is 29.2 Å². The van der Waals surface area contributed by atoms with Crippen LogP contribution in [-0.4, -0.2) is 19.3 Å². The van der Waals surface area contributed by atoms with Crippen LogP contribution in [0.4, 0.5) is 5.82 Å². The minimum absolute atomic E-state index is 1.18. The number of benzene rings is 1. The molecule has 106 valence electrons. The molecule has 2 heterocycles. The number of rotatable bonds is 2. The highest BCUT2D eigenvalue weighted by Gasteiger charge is 2.19. The summed E-state index contributed by atoms with van der Waals surface area (Å²) in [5.41, 5.74) is 2.66. The summed E-state index contributed by atoms with van der Waals surface area (Å²) in [6, 6.07) is 8.89. The van der Waals surface area contributed by atoms with Crippen molar-refractivity contribution < 1.29 is 4.98 Å². The second kappa shape index (κ2) is 6.04. The van der Waals surface area contributed by atoms with E-state index in [0.29, 0.717) is 0 Å². The van der Waals surface area contributed by atoms with Crippen LogP contribution < -0.4 is 9.88 Å². The van der Waals surface area contributed by atoms with E-state index >= 15 is 0 Å². The first kappa shape index (κ1) is 13.7. The van der Waals surface area contributed by atoms with Crippen molar-refractivity contribution in [1.29, 1.82) is 0 Å². The minimum atomic E-state index is 1.18. The molecule has 1 N–H and O–H groups in total. The van der Waals surface area contributed by atoms with Crippen LogP contribution in [0.25, 0.3) is 10.9 Å². The van der Waals surface area contributed by atoms with Gasteiger partial charge in [-0.2, -0.15) is 0 Å². The van der Waals surface area contributed by atoms with Gasteiger partial charge in [-0.15, -0.1) is 11.8 Å². The van der Waals surface area contributed by atoms with Gasteiger partial charge in [-0.1, -0.05) is 12.1 Å². The quantitative estimate of drug-likeness (QED) is 0.775. The van der Waals surface area contributed by atoms with Crippen molar-refractivity contribution >= 4 is 28.5 Å². The third kappa shape index (κ3) is 2.64. The van der Waals surface area contributed by atoms with Crippen LogP contribution in [0.3, 0.4) is 0 Å². The molecule has 0 atom stereocenters. The molecule has 0 spiro atoms. The Kier molecular flexibility index (Phi) is 4.16. The highest BCUT2D eigenvalue weighted by atomic mass is 32.2. The zero-order valence-corrected chi connectivity index (χ0v) is 13.2. The molecule has 0 radical (unpaired) electrons. The second-order valence-corrected chi connectivity index (χ2v) is 6.47. The number of nitrogens with one attached hydrogen (secondary N) is 1. The fraction of sp³-hybridized carbons (Fsp3) is 0.471. The van der Waals surface area contributed by atoms with Crippen LogP contribution in [-0.2, 0) is 0 Å². The van der Waals surface area contributed by atoms with Crippen molar-refractivity contribution in [2.45, 2.75) is 37.5 Å². The van der Waals surface area contributed by atoms with E-state index in [-0.39, 0.29) is 0 Å². The summed E-state index contributed by atoms with van der Waals surface area (Å²) in [6.07, 6.45) is 7.53. The number of aryl methyl sites for hydroxylation is 1. The lowest BCUT2D eigenvalue weighted by molar-refractivity contribution is -0.332. The molecule has 1 saturated heterocycles. The van der Waals surface area contributed by atoms with Crippen LogP contribution >= 0.6 is 11.8 Å². The molecule has 20 heavy (non-hydrogen) atoms.